The molecular weight excluding hydrogens is 194 g/mol. The van der Waals surface area contributed by atoms with Crippen molar-refractivity contribution in [2.75, 3.05) is 27.3 Å². The zero-order chi connectivity index (χ0) is 11.9. The highest BCUT2D eigenvalue weighted by Gasteiger charge is 2.29. The molecule has 0 radical (unpaired) electrons. The van der Waals surface area contributed by atoms with Crippen LogP contribution in [0.15, 0.2) is 0 Å². The first-order valence-corrected chi connectivity index (χ1v) is 5.37. The summed E-state index contributed by atoms with van der Waals surface area (Å²) >= 11 is 0. The van der Waals surface area contributed by atoms with Crippen LogP contribution in [-0.2, 0) is 9.53 Å². The van der Waals surface area contributed by atoms with Crippen molar-refractivity contribution >= 4 is 5.91 Å². The van der Waals surface area contributed by atoms with E-state index in [0.717, 1.165) is 19.3 Å². The van der Waals surface area contributed by atoms with E-state index in [2.05, 4.69) is 0 Å². The average Bonchev–Trinajstić information content (AvgIpc) is 2.23. The van der Waals surface area contributed by atoms with E-state index < -0.39 is 5.60 Å². The van der Waals surface area contributed by atoms with Gasteiger partial charge in [-0.3, -0.25) is 4.79 Å². The fourth-order valence-electron chi connectivity index (χ4n) is 1.29. The number of rotatable bonds is 7. The van der Waals surface area contributed by atoms with Gasteiger partial charge in [-0.1, -0.05) is 0 Å². The zero-order valence-corrected chi connectivity index (χ0v) is 10.2. The predicted octanol–water partition coefficient (Wildman–Crippen LogP) is 1.03. The summed E-state index contributed by atoms with van der Waals surface area (Å²) in [6, 6.07) is 0. The summed E-state index contributed by atoms with van der Waals surface area (Å²) in [5.41, 5.74) is -0.744. The van der Waals surface area contributed by atoms with Gasteiger partial charge in [0.2, 0.25) is 0 Å². The maximum atomic E-state index is 11.8. The minimum atomic E-state index is -0.744. The van der Waals surface area contributed by atoms with E-state index in [1.54, 1.807) is 25.8 Å². The molecule has 0 saturated carbocycles. The van der Waals surface area contributed by atoms with Crippen LogP contribution in [0.5, 0.6) is 0 Å². The molecular formula is C11H23NO3. The number of hydrogen-bond acceptors (Lipinski definition) is 3. The molecule has 0 aromatic carbocycles. The third-order valence-electron chi connectivity index (χ3n) is 2.52. The quantitative estimate of drug-likeness (QED) is 0.648. The Balaban J connectivity index is 3.89. The Kier molecular flexibility index (Phi) is 6.52. The molecule has 0 spiro atoms. The van der Waals surface area contributed by atoms with E-state index in [1.165, 1.54) is 7.11 Å². The molecule has 4 heteroatoms. The van der Waals surface area contributed by atoms with Crippen molar-refractivity contribution in [2.45, 2.75) is 38.7 Å². The Morgan fingerprint density at radius 2 is 1.93 bits per heavy atom. The summed E-state index contributed by atoms with van der Waals surface area (Å²) in [4.78, 5) is 13.5. The minimum absolute atomic E-state index is 0.00556. The number of hydrogen-bond donors (Lipinski definition) is 1. The molecule has 15 heavy (non-hydrogen) atoms. The van der Waals surface area contributed by atoms with Crippen molar-refractivity contribution in [3.63, 3.8) is 0 Å². The van der Waals surface area contributed by atoms with Gasteiger partial charge in [0.05, 0.1) is 0 Å². The number of amides is 1. The van der Waals surface area contributed by atoms with Gasteiger partial charge in [0.15, 0.2) is 0 Å². The third kappa shape index (κ3) is 5.14. The van der Waals surface area contributed by atoms with Crippen molar-refractivity contribution in [3.05, 3.63) is 0 Å². The predicted molar refractivity (Wildman–Crippen MR) is 59.7 cm³/mol. The van der Waals surface area contributed by atoms with E-state index in [4.69, 9.17) is 9.84 Å². The van der Waals surface area contributed by atoms with Crippen LogP contribution in [0.3, 0.4) is 0 Å². The number of carbonyl (C=O) groups is 1. The molecule has 0 unspecified atom stereocenters. The summed E-state index contributed by atoms with van der Waals surface area (Å²) in [5.74, 6) is -0.00556. The lowest BCUT2D eigenvalue weighted by Gasteiger charge is -2.28. The molecule has 0 atom stereocenters. The van der Waals surface area contributed by atoms with Crippen molar-refractivity contribution in [2.24, 2.45) is 0 Å². The number of nitrogens with zero attached hydrogens (tertiary/aromatic N) is 1. The third-order valence-corrected chi connectivity index (χ3v) is 2.52. The molecule has 0 aliphatic rings. The summed E-state index contributed by atoms with van der Waals surface area (Å²) < 4.78 is 5.12. The van der Waals surface area contributed by atoms with Gasteiger partial charge in [-0.2, -0.15) is 0 Å². The van der Waals surface area contributed by atoms with E-state index in [1.807, 2.05) is 0 Å². The monoisotopic (exact) mass is 217 g/mol. The first-order chi connectivity index (χ1) is 6.95. The van der Waals surface area contributed by atoms with Crippen LogP contribution in [0.25, 0.3) is 0 Å². The van der Waals surface area contributed by atoms with Crippen LogP contribution < -0.4 is 0 Å². The molecule has 0 aliphatic heterocycles. The van der Waals surface area contributed by atoms with Crippen molar-refractivity contribution in [3.8, 4) is 0 Å². The number of methoxy groups -OCH3 is 1. The molecule has 0 bridgehead atoms. The second-order valence-electron chi connectivity index (χ2n) is 4.23. The molecule has 0 aliphatic carbocycles. The molecule has 0 aromatic rings. The van der Waals surface area contributed by atoms with Crippen molar-refractivity contribution in [1.82, 2.24) is 4.90 Å². The first kappa shape index (κ1) is 14.4. The molecule has 90 valence electrons. The summed E-state index contributed by atoms with van der Waals surface area (Å²) in [6.07, 6.45) is 2.67. The van der Waals surface area contributed by atoms with E-state index in [-0.39, 0.29) is 12.5 Å². The van der Waals surface area contributed by atoms with Gasteiger partial charge in [0.25, 0.3) is 5.91 Å². The molecule has 0 rings (SSSR count). The number of ether oxygens (including phenoxy) is 1. The lowest BCUT2D eigenvalue weighted by Crippen LogP contribution is -2.44. The highest BCUT2D eigenvalue weighted by molar-refractivity contribution is 5.84. The number of likely N-dealkylation sites (N-methyl/N-ethyl adjacent to an activating group) is 1. The summed E-state index contributed by atoms with van der Waals surface area (Å²) in [5, 5.41) is 8.61. The fourth-order valence-corrected chi connectivity index (χ4v) is 1.29. The fraction of sp³-hybridized carbons (Fsp3) is 0.909. The second-order valence-corrected chi connectivity index (χ2v) is 4.23. The maximum Gasteiger partial charge on any atom is 0.253 e. The maximum absolute atomic E-state index is 11.8. The number of unbranched alkanes of at least 4 members (excludes halogenated alkanes) is 2. The topological polar surface area (TPSA) is 49.8 Å². The largest absolute Gasteiger partial charge is 0.396 e. The average molecular weight is 217 g/mol. The Morgan fingerprint density at radius 1 is 1.33 bits per heavy atom. The van der Waals surface area contributed by atoms with E-state index >= 15 is 0 Å². The molecule has 0 heterocycles. The number of carbonyl (C=O) groups excluding carboxylic acids is 1. The lowest BCUT2D eigenvalue weighted by molar-refractivity contribution is -0.149. The van der Waals surface area contributed by atoms with Crippen LogP contribution in [0.1, 0.15) is 33.1 Å². The first-order valence-electron chi connectivity index (χ1n) is 5.37. The van der Waals surface area contributed by atoms with Gasteiger partial charge >= 0.3 is 0 Å². The Bertz CT molecular complexity index is 192. The van der Waals surface area contributed by atoms with Gasteiger partial charge in [-0.25, -0.2) is 0 Å². The molecule has 0 fully saturated rings. The standard InChI is InChI=1S/C11H23NO3/c1-11(2,15-4)10(14)12(3)8-6-5-7-9-13/h13H,5-9H2,1-4H3. The molecule has 0 saturated heterocycles. The Labute approximate surface area is 92.2 Å². The van der Waals surface area contributed by atoms with Crippen LogP contribution in [0.2, 0.25) is 0 Å². The minimum Gasteiger partial charge on any atom is -0.396 e. The number of aliphatic hydroxyl groups is 1. The zero-order valence-electron chi connectivity index (χ0n) is 10.2. The Morgan fingerprint density at radius 3 is 2.40 bits per heavy atom. The normalized spacial score (nSPS) is 11.5. The number of aliphatic hydroxyl groups excluding tert-OH is 1. The smallest absolute Gasteiger partial charge is 0.253 e. The summed E-state index contributed by atoms with van der Waals surface area (Å²) in [6.45, 7) is 4.46. The van der Waals surface area contributed by atoms with Gasteiger partial charge in [0, 0.05) is 27.3 Å². The van der Waals surface area contributed by atoms with Crippen molar-refractivity contribution in [1.29, 1.82) is 0 Å². The van der Waals surface area contributed by atoms with Crippen LogP contribution >= 0.6 is 0 Å². The van der Waals surface area contributed by atoms with Gasteiger partial charge in [-0.15, -0.1) is 0 Å². The Hall–Kier alpha value is -0.610. The van der Waals surface area contributed by atoms with Gasteiger partial charge in [-0.05, 0) is 33.1 Å². The molecule has 4 nitrogen and oxygen atoms in total. The van der Waals surface area contributed by atoms with Crippen molar-refractivity contribution < 1.29 is 14.6 Å². The van der Waals surface area contributed by atoms with Crippen LogP contribution in [0.4, 0.5) is 0 Å². The summed E-state index contributed by atoms with van der Waals surface area (Å²) in [7, 11) is 3.32. The molecule has 1 N–H and O–H groups in total. The van der Waals surface area contributed by atoms with E-state index in [9.17, 15) is 4.79 Å². The highest BCUT2D eigenvalue weighted by Crippen LogP contribution is 2.11. The highest BCUT2D eigenvalue weighted by atomic mass is 16.5. The lowest BCUT2D eigenvalue weighted by atomic mass is 10.1. The van der Waals surface area contributed by atoms with Gasteiger partial charge in [0.1, 0.15) is 5.60 Å². The SMILES string of the molecule is COC(C)(C)C(=O)N(C)CCCCCO. The van der Waals surface area contributed by atoms with Gasteiger partial charge < -0.3 is 14.7 Å². The van der Waals surface area contributed by atoms with E-state index in [0.29, 0.717) is 6.54 Å². The molecule has 0 aromatic heterocycles. The van der Waals surface area contributed by atoms with Crippen LogP contribution in [0, 0.1) is 0 Å². The van der Waals surface area contributed by atoms with Crippen LogP contribution in [-0.4, -0.2) is 48.8 Å². The molecule has 1 amide bonds. The second kappa shape index (κ2) is 6.80.